The molecule has 1 fully saturated rings. The Morgan fingerprint density at radius 1 is 1.06 bits per heavy atom. The summed E-state index contributed by atoms with van der Waals surface area (Å²) < 4.78 is 5.27. The number of ether oxygens (including phenoxy) is 1. The Morgan fingerprint density at radius 3 is 2.27 bits per heavy atom. The monoisotopic (exact) mass is 450 g/mol. The molecule has 1 atom stereocenters. The maximum atomic E-state index is 13.2. The summed E-state index contributed by atoms with van der Waals surface area (Å²) in [6.45, 7) is 10.9. The van der Waals surface area contributed by atoms with E-state index in [1.807, 2.05) is 31.2 Å². The van der Waals surface area contributed by atoms with Crippen LogP contribution in [0.5, 0.6) is 5.75 Å². The van der Waals surface area contributed by atoms with E-state index in [0.29, 0.717) is 24.4 Å². The Hall–Kier alpha value is -3.12. The molecule has 176 valence electrons. The molecule has 0 aliphatic carbocycles. The smallest absolute Gasteiger partial charge is 0.295 e. The van der Waals surface area contributed by atoms with Crippen LogP contribution in [0.15, 0.2) is 48.0 Å². The van der Waals surface area contributed by atoms with Crippen molar-refractivity contribution >= 4 is 17.4 Å². The number of hydrogen-bond acceptors (Lipinski definition) is 5. The van der Waals surface area contributed by atoms with Gasteiger partial charge in [0.05, 0.1) is 18.7 Å². The molecule has 1 amide bonds. The first-order valence-electron chi connectivity index (χ1n) is 11.6. The molecular weight excluding hydrogens is 416 g/mol. The van der Waals surface area contributed by atoms with E-state index < -0.39 is 17.7 Å². The quantitative estimate of drug-likeness (QED) is 0.350. The van der Waals surface area contributed by atoms with Crippen LogP contribution in [-0.2, 0) is 16.0 Å². The lowest BCUT2D eigenvalue weighted by molar-refractivity contribution is -0.140. The van der Waals surface area contributed by atoms with Crippen molar-refractivity contribution < 1.29 is 19.4 Å². The average Bonchev–Trinajstić information content (AvgIpc) is 3.09. The largest absolute Gasteiger partial charge is 0.507 e. The highest BCUT2D eigenvalue weighted by Gasteiger charge is 2.46. The summed E-state index contributed by atoms with van der Waals surface area (Å²) in [5.74, 6) is -0.704. The average molecular weight is 451 g/mol. The van der Waals surface area contributed by atoms with Crippen LogP contribution in [0.3, 0.4) is 0 Å². The molecular formula is C27H34N2O4. The number of hydrogen-bond donors (Lipinski definition) is 1. The molecule has 0 aromatic heterocycles. The Labute approximate surface area is 196 Å². The van der Waals surface area contributed by atoms with Gasteiger partial charge in [-0.3, -0.25) is 9.59 Å². The number of likely N-dealkylation sites (tertiary alicyclic amines) is 1. The fourth-order valence-electron chi connectivity index (χ4n) is 4.36. The number of ketones is 1. The first-order chi connectivity index (χ1) is 15.9. The van der Waals surface area contributed by atoms with Gasteiger partial charge in [0.2, 0.25) is 0 Å². The van der Waals surface area contributed by atoms with Gasteiger partial charge < -0.3 is 19.6 Å². The molecule has 6 heteroatoms. The molecule has 1 saturated heterocycles. The zero-order valence-corrected chi connectivity index (χ0v) is 20.2. The summed E-state index contributed by atoms with van der Waals surface area (Å²) >= 11 is 0. The van der Waals surface area contributed by atoms with Crippen LogP contribution in [0.25, 0.3) is 5.76 Å². The molecule has 0 unspecified atom stereocenters. The van der Waals surface area contributed by atoms with Crippen molar-refractivity contribution in [1.82, 2.24) is 9.80 Å². The number of amides is 1. The van der Waals surface area contributed by atoms with Gasteiger partial charge in [0.15, 0.2) is 0 Å². The minimum Gasteiger partial charge on any atom is -0.507 e. The zero-order chi connectivity index (χ0) is 24.1. The highest BCUT2D eigenvalue weighted by Crippen LogP contribution is 2.40. The molecule has 1 aliphatic heterocycles. The van der Waals surface area contributed by atoms with Gasteiger partial charge in [-0.2, -0.15) is 0 Å². The molecule has 3 rings (SSSR count). The van der Waals surface area contributed by atoms with E-state index >= 15 is 0 Å². The summed E-state index contributed by atoms with van der Waals surface area (Å²) in [5.41, 5.74) is 3.41. The number of rotatable bonds is 9. The molecule has 0 saturated carbocycles. The fourth-order valence-corrected chi connectivity index (χ4v) is 4.36. The van der Waals surface area contributed by atoms with Crippen LogP contribution in [0.1, 0.15) is 49.1 Å². The van der Waals surface area contributed by atoms with Crippen LogP contribution in [0, 0.1) is 6.92 Å². The van der Waals surface area contributed by atoms with Crippen molar-refractivity contribution in [1.29, 1.82) is 0 Å². The van der Waals surface area contributed by atoms with Crippen LogP contribution < -0.4 is 4.74 Å². The molecule has 0 radical (unpaired) electrons. The van der Waals surface area contributed by atoms with Gasteiger partial charge in [-0.1, -0.05) is 45.0 Å². The first kappa shape index (κ1) is 24.5. The number of Topliss-reactive ketones (excluding diaryl/α,β-unsaturated/α-hetero) is 1. The predicted molar refractivity (Wildman–Crippen MR) is 130 cm³/mol. The maximum absolute atomic E-state index is 13.2. The second-order valence-corrected chi connectivity index (χ2v) is 8.30. The van der Waals surface area contributed by atoms with Gasteiger partial charge in [-0.25, -0.2) is 0 Å². The summed E-state index contributed by atoms with van der Waals surface area (Å²) in [7, 11) is 1.58. The number of carbonyl (C=O) groups excluding carboxylic acids is 2. The lowest BCUT2D eigenvalue weighted by atomic mass is 9.93. The van der Waals surface area contributed by atoms with Gasteiger partial charge in [0, 0.05) is 18.7 Å². The number of carbonyl (C=O) groups is 2. The van der Waals surface area contributed by atoms with Crippen molar-refractivity contribution in [3.8, 4) is 5.75 Å². The van der Waals surface area contributed by atoms with E-state index in [1.165, 1.54) is 5.56 Å². The molecule has 2 aromatic carbocycles. The number of nitrogens with zero attached hydrogens (tertiary/aromatic N) is 2. The molecule has 33 heavy (non-hydrogen) atoms. The Balaban J connectivity index is 2.12. The van der Waals surface area contributed by atoms with E-state index in [2.05, 4.69) is 25.7 Å². The molecule has 0 bridgehead atoms. The SMILES string of the molecule is CCc1ccc([C@@H]2/C(=C(\O)c3ccc(OC)cc3C)C(=O)C(=O)N2CCN(CC)CC)cc1. The van der Waals surface area contributed by atoms with Gasteiger partial charge >= 0.3 is 0 Å². The number of likely N-dealkylation sites (N-methyl/N-ethyl adjacent to an activating group) is 1. The number of aryl methyl sites for hydroxylation is 2. The number of aliphatic hydroxyl groups excluding tert-OH is 1. The van der Waals surface area contributed by atoms with Crippen molar-refractivity contribution in [2.75, 3.05) is 33.3 Å². The second kappa shape index (κ2) is 10.7. The molecule has 1 heterocycles. The molecule has 1 N–H and O–H groups in total. The third kappa shape index (κ3) is 4.96. The van der Waals surface area contributed by atoms with Crippen molar-refractivity contribution in [3.05, 3.63) is 70.3 Å². The highest BCUT2D eigenvalue weighted by atomic mass is 16.5. The van der Waals surface area contributed by atoms with Crippen molar-refractivity contribution in [3.63, 3.8) is 0 Å². The number of methoxy groups -OCH3 is 1. The third-order valence-corrected chi connectivity index (χ3v) is 6.48. The van der Waals surface area contributed by atoms with Crippen molar-refractivity contribution in [2.24, 2.45) is 0 Å². The summed E-state index contributed by atoms with van der Waals surface area (Å²) in [6, 6.07) is 12.6. The van der Waals surface area contributed by atoms with E-state index in [0.717, 1.165) is 30.6 Å². The standard InChI is InChI=1S/C27H34N2O4/c1-6-19-9-11-20(12-10-19)24-23(25(30)22-14-13-21(33-5)17-18(22)4)26(31)27(32)29(24)16-15-28(7-2)8-3/h9-14,17,24,30H,6-8,15-16H2,1-5H3/b25-23+/t24-/m1/s1. The minimum absolute atomic E-state index is 0.136. The van der Waals surface area contributed by atoms with Gasteiger partial charge in [0.25, 0.3) is 11.7 Å². The van der Waals surface area contributed by atoms with Gasteiger partial charge in [0.1, 0.15) is 11.5 Å². The van der Waals surface area contributed by atoms with Crippen LogP contribution in [-0.4, -0.2) is 59.9 Å². The molecule has 2 aromatic rings. The fraction of sp³-hybridized carbons (Fsp3) is 0.407. The Kier molecular flexibility index (Phi) is 7.92. The normalized spacial score (nSPS) is 17.8. The third-order valence-electron chi connectivity index (χ3n) is 6.48. The van der Waals surface area contributed by atoms with E-state index in [4.69, 9.17) is 4.74 Å². The van der Waals surface area contributed by atoms with Crippen molar-refractivity contribution in [2.45, 2.75) is 40.2 Å². The first-order valence-corrected chi connectivity index (χ1v) is 11.6. The van der Waals surface area contributed by atoms with Crippen LogP contribution in [0.4, 0.5) is 0 Å². The predicted octanol–water partition coefficient (Wildman–Crippen LogP) is 4.33. The zero-order valence-electron chi connectivity index (χ0n) is 20.2. The second-order valence-electron chi connectivity index (χ2n) is 8.30. The van der Waals surface area contributed by atoms with Gasteiger partial charge in [-0.15, -0.1) is 0 Å². The van der Waals surface area contributed by atoms with Crippen LogP contribution >= 0.6 is 0 Å². The Morgan fingerprint density at radius 2 is 1.73 bits per heavy atom. The summed E-state index contributed by atoms with van der Waals surface area (Å²) in [4.78, 5) is 30.1. The topological polar surface area (TPSA) is 70.1 Å². The Bertz CT molecular complexity index is 1040. The summed E-state index contributed by atoms with van der Waals surface area (Å²) in [5, 5.41) is 11.3. The molecule has 1 aliphatic rings. The van der Waals surface area contributed by atoms with Crippen LogP contribution in [0.2, 0.25) is 0 Å². The number of benzene rings is 2. The summed E-state index contributed by atoms with van der Waals surface area (Å²) in [6.07, 6.45) is 0.896. The number of aliphatic hydroxyl groups is 1. The lowest BCUT2D eigenvalue weighted by Gasteiger charge is -2.28. The minimum atomic E-state index is -0.646. The lowest BCUT2D eigenvalue weighted by Crippen LogP contribution is -2.38. The van der Waals surface area contributed by atoms with E-state index in [1.54, 1.807) is 30.2 Å². The van der Waals surface area contributed by atoms with Gasteiger partial charge in [-0.05, 0) is 61.3 Å². The highest BCUT2D eigenvalue weighted by molar-refractivity contribution is 6.46. The molecule has 0 spiro atoms. The maximum Gasteiger partial charge on any atom is 0.295 e. The van der Waals surface area contributed by atoms with E-state index in [9.17, 15) is 14.7 Å². The van der Waals surface area contributed by atoms with E-state index in [-0.39, 0.29) is 11.3 Å². The molecule has 6 nitrogen and oxygen atoms in total.